The van der Waals surface area contributed by atoms with Gasteiger partial charge in [0.25, 0.3) is 0 Å². The van der Waals surface area contributed by atoms with E-state index in [2.05, 4.69) is 11.8 Å². The van der Waals surface area contributed by atoms with Crippen molar-refractivity contribution >= 4 is 0 Å². The lowest BCUT2D eigenvalue weighted by atomic mass is 10.0. The summed E-state index contributed by atoms with van der Waals surface area (Å²) in [6, 6.07) is 3.90. The summed E-state index contributed by atoms with van der Waals surface area (Å²) in [4.78, 5) is 0. The minimum Gasteiger partial charge on any atom is -0.115 e. The smallest absolute Gasteiger partial charge is 0.0401 e. The molecule has 0 heteroatoms. The van der Waals surface area contributed by atoms with Crippen molar-refractivity contribution in [2.24, 2.45) is 0 Å². The zero-order valence-corrected chi connectivity index (χ0v) is 7.31. The topological polar surface area (TPSA) is 0 Å². The number of rotatable bonds is 0. The Bertz CT molecular complexity index is 345. The minimum atomic E-state index is 0.806. The van der Waals surface area contributed by atoms with Gasteiger partial charge in [-0.2, -0.15) is 0 Å². The van der Waals surface area contributed by atoms with Gasteiger partial charge < -0.3 is 0 Å². The van der Waals surface area contributed by atoms with Crippen molar-refractivity contribution in [2.45, 2.75) is 13.8 Å². The first-order chi connectivity index (χ1) is 5.69. The van der Waals surface area contributed by atoms with Crippen LogP contribution in [0.3, 0.4) is 0 Å². The van der Waals surface area contributed by atoms with Gasteiger partial charge in [0.1, 0.15) is 0 Å². The summed E-state index contributed by atoms with van der Waals surface area (Å²) in [6.07, 6.45) is 10.6. The highest BCUT2D eigenvalue weighted by Gasteiger charge is 1.99. The summed E-state index contributed by atoms with van der Waals surface area (Å²) < 4.78 is 0. The SMILES string of the molecule is C#Cc1cc(C)c(C)cc1C#C. The van der Waals surface area contributed by atoms with Crippen LogP contribution in [0.2, 0.25) is 0 Å². The lowest BCUT2D eigenvalue weighted by molar-refractivity contribution is 1.32. The molecule has 0 fully saturated rings. The van der Waals surface area contributed by atoms with E-state index in [0.717, 1.165) is 11.1 Å². The van der Waals surface area contributed by atoms with E-state index in [4.69, 9.17) is 12.8 Å². The van der Waals surface area contributed by atoms with Gasteiger partial charge in [-0.05, 0) is 37.1 Å². The van der Waals surface area contributed by atoms with Crippen LogP contribution in [0.15, 0.2) is 12.1 Å². The van der Waals surface area contributed by atoms with E-state index < -0.39 is 0 Å². The lowest BCUT2D eigenvalue weighted by Crippen LogP contribution is -1.88. The van der Waals surface area contributed by atoms with Crippen LogP contribution in [0.1, 0.15) is 22.3 Å². The predicted molar refractivity (Wildman–Crippen MR) is 51.8 cm³/mol. The van der Waals surface area contributed by atoms with Crippen LogP contribution in [0.4, 0.5) is 0 Å². The molecule has 58 valence electrons. The molecule has 1 aromatic carbocycles. The molecule has 0 N–H and O–H groups in total. The van der Waals surface area contributed by atoms with E-state index in [0.29, 0.717) is 0 Å². The lowest BCUT2D eigenvalue weighted by Gasteiger charge is -2.02. The van der Waals surface area contributed by atoms with Crippen molar-refractivity contribution in [1.82, 2.24) is 0 Å². The Balaban J connectivity index is 3.44. The summed E-state index contributed by atoms with van der Waals surface area (Å²) in [5.41, 5.74) is 3.98. The Labute approximate surface area is 73.6 Å². The average Bonchev–Trinajstić information content (AvgIpc) is 2.09. The third-order valence-electron chi connectivity index (χ3n) is 1.94. The molecule has 1 rings (SSSR count). The van der Waals surface area contributed by atoms with Gasteiger partial charge in [-0.3, -0.25) is 0 Å². The van der Waals surface area contributed by atoms with Crippen molar-refractivity contribution in [3.05, 3.63) is 34.4 Å². The maximum absolute atomic E-state index is 5.30. The quantitative estimate of drug-likeness (QED) is 0.503. The zero-order chi connectivity index (χ0) is 9.14. The molecule has 0 radical (unpaired) electrons. The number of terminal acetylenes is 2. The molecule has 0 bridgehead atoms. The second kappa shape index (κ2) is 3.16. The largest absolute Gasteiger partial charge is 0.115 e. The van der Waals surface area contributed by atoms with Gasteiger partial charge in [-0.25, -0.2) is 0 Å². The monoisotopic (exact) mass is 154 g/mol. The van der Waals surface area contributed by atoms with Gasteiger partial charge in [0.15, 0.2) is 0 Å². The molecule has 0 heterocycles. The molecule has 0 unspecified atom stereocenters. The summed E-state index contributed by atoms with van der Waals surface area (Å²) in [5.74, 6) is 5.14. The molecule has 0 aliphatic rings. The molecular formula is C12H10. The Morgan fingerprint density at radius 1 is 0.917 bits per heavy atom. The van der Waals surface area contributed by atoms with E-state index in [1.807, 2.05) is 26.0 Å². The van der Waals surface area contributed by atoms with Crippen LogP contribution < -0.4 is 0 Å². The molecule has 0 atom stereocenters. The maximum Gasteiger partial charge on any atom is 0.0401 e. The predicted octanol–water partition coefficient (Wildman–Crippen LogP) is 2.27. The third-order valence-corrected chi connectivity index (χ3v) is 1.94. The van der Waals surface area contributed by atoms with Crippen molar-refractivity contribution in [1.29, 1.82) is 0 Å². The third kappa shape index (κ3) is 1.34. The van der Waals surface area contributed by atoms with E-state index in [-0.39, 0.29) is 0 Å². The highest BCUT2D eigenvalue weighted by atomic mass is 14.0. The van der Waals surface area contributed by atoms with Crippen LogP contribution in [0, 0.1) is 38.5 Å². The first kappa shape index (κ1) is 8.44. The van der Waals surface area contributed by atoms with Crippen LogP contribution in [-0.2, 0) is 0 Å². The van der Waals surface area contributed by atoms with Crippen molar-refractivity contribution < 1.29 is 0 Å². The second-order valence-electron chi connectivity index (χ2n) is 2.77. The second-order valence-corrected chi connectivity index (χ2v) is 2.77. The van der Waals surface area contributed by atoms with Crippen LogP contribution in [0.25, 0.3) is 0 Å². The normalized spacial score (nSPS) is 8.67. The first-order valence-corrected chi connectivity index (χ1v) is 3.73. The minimum absolute atomic E-state index is 0.806. The fraction of sp³-hybridized carbons (Fsp3) is 0.167. The van der Waals surface area contributed by atoms with E-state index >= 15 is 0 Å². The average molecular weight is 154 g/mol. The Morgan fingerprint density at radius 2 is 1.25 bits per heavy atom. The summed E-state index contributed by atoms with van der Waals surface area (Å²) in [5, 5.41) is 0. The van der Waals surface area contributed by atoms with E-state index in [9.17, 15) is 0 Å². The molecule has 0 aliphatic heterocycles. The van der Waals surface area contributed by atoms with Gasteiger partial charge in [-0.15, -0.1) is 12.8 Å². The fourth-order valence-corrected chi connectivity index (χ4v) is 1.06. The number of aryl methyl sites for hydroxylation is 2. The maximum atomic E-state index is 5.30. The molecule has 0 amide bonds. The molecular weight excluding hydrogens is 144 g/mol. The Kier molecular flexibility index (Phi) is 2.22. The highest BCUT2D eigenvalue weighted by Crippen LogP contribution is 2.13. The highest BCUT2D eigenvalue weighted by molar-refractivity contribution is 5.52. The summed E-state index contributed by atoms with van der Waals surface area (Å²) in [7, 11) is 0. The van der Waals surface area contributed by atoms with Gasteiger partial charge in [-0.1, -0.05) is 11.8 Å². The molecule has 0 aromatic heterocycles. The summed E-state index contributed by atoms with van der Waals surface area (Å²) in [6.45, 7) is 4.05. The molecule has 0 nitrogen and oxygen atoms in total. The molecule has 0 spiro atoms. The fourth-order valence-electron chi connectivity index (χ4n) is 1.06. The van der Waals surface area contributed by atoms with Gasteiger partial charge in [0.2, 0.25) is 0 Å². The van der Waals surface area contributed by atoms with Crippen molar-refractivity contribution in [3.8, 4) is 24.7 Å². The molecule has 0 saturated heterocycles. The molecule has 1 aromatic rings. The number of benzene rings is 1. The standard InChI is InChI=1S/C12H10/c1-5-11-7-9(3)10(4)8-12(11)6-2/h1-2,7-8H,3-4H3. The Morgan fingerprint density at radius 3 is 1.50 bits per heavy atom. The Hall–Kier alpha value is -1.66. The number of hydrogen-bond acceptors (Lipinski definition) is 0. The number of hydrogen-bond donors (Lipinski definition) is 0. The molecule has 0 saturated carbocycles. The van der Waals surface area contributed by atoms with Crippen LogP contribution in [0.5, 0.6) is 0 Å². The van der Waals surface area contributed by atoms with Crippen LogP contribution in [-0.4, -0.2) is 0 Å². The zero-order valence-electron chi connectivity index (χ0n) is 7.31. The molecule has 12 heavy (non-hydrogen) atoms. The van der Waals surface area contributed by atoms with Gasteiger partial charge in [0.05, 0.1) is 0 Å². The van der Waals surface area contributed by atoms with Crippen molar-refractivity contribution in [3.63, 3.8) is 0 Å². The van der Waals surface area contributed by atoms with Crippen molar-refractivity contribution in [2.75, 3.05) is 0 Å². The summed E-state index contributed by atoms with van der Waals surface area (Å²) >= 11 is 0. The molecule has 0 aliphatic carbocycles. The first-order valence-electron chi connectivity index (χ1n) is 3.73. The van der Waals surface area contributed by atoms with Gasteiger partial charge in [0, 0.05) is 11.1 Å². The van der Waals surface area contributed by atoms with E-state index in [1.54, 1.807) is 0 Å². The van der Waals surface area contributed by atoms with E-state index in [1.165, 1.54) is 11.1 Å². The van der Waals surface area contributed by atoms with Crippen LogP contribution >= 0.6 is 0 Å². The van der Waals surface area contributed by atoms with Gasteiger partial charge >= 0.3 is 0 Å².